The minimum atomic E-state index is -0.930. The van der Waals surface area contributed by atoms with Crippen molar-refractivity contribution in [3.05, 3.63) is 99.4 Å². The average molecular weight is 419 g/mol. The summed E-state index contributed by atoms with van der Waals surface area (Å²) in [6.07, 6.45) is 0. The van der Waals surface area contributed by atoms with E-state index in [2.05, 4.69) is 0 Å². The summed E-state index contributed by atoms with van der Waals surface area (Å²) in [4.78, 5) is 37.2. The topological polar surface area (TPSA) is 78.5 Å². The maximum atomic E-state index is 13.2. The highest BCUT2D eigenvalue weighted by molar-refractivity contribution is 6.01. The number of para-hydroxylation sites is 1. The normalized spacial score (nSPS) is 10.9. The van der Waals surface area contributed by atoms with Crippen LogP contribution in [0, 0.1) is 19.7 Å². The van der Waals surface area contributed by atoms with Gasteiger partial charge < -0.3 is 13.7 Å². The summed E-state index contributed by atoms with van der Waals surface area (Å²) in [6, 6.07) is 15.7. The molecule has 0 atom stereocenters. The number of halogens is 1. The number of esters is 1. The lowest BCUT2D eigenvalue weighted by molar-refractivity contribution is 0.0470. The molecule has 0 saturated heterocycles. The number of nitrogens with zero attached hydrogens (tertiary/aromatic N) is 1. The van der Waals surface area contributed by atoms with Gasteiger partial charge in [-0.2, -0.15) is 0 Å². The second-order valence-corrected chi connectivity index (χ2v) is 7.08. The van der Waals surface area contributed by atoms with Crippen LogP contribution in [0.1, 0.15) is 32.1 Å². The highest BCUT2D eigenvalue weighted by Crippen LogP contribution is 2.22. The summed E-state index contributed by atoms with van der Waals surface area (Å²) in [5.41, 5.74) is 1.74. The molecule has 0 N–H and O–H groups in total. The molecule has 0 unspecified atom stereocenters. The van der Waals surface area contributed by atoms with Crippen molar-refractivity contribution in [3.63, 3.8) is 0 Å². The van der Waals surface area contributed by atoms with E-state index in [9.17, 15) is 18.8 Å². The molecule has 6 nitrogen and oxygen atoms in total. The third-order valence-electron chi connectivity index (χ3n) is 5.01. The van der Waals surface area contributed by atoms with Gasteiger partial charge in [-0.15, -0.1) is 0 Å². The van der Waals surface area contributed by atoms with E-state index in [0.29, 0.717) is 27.9 Å². The number of hydrogen-bond donors (Lipinski definition) is 0. The molecule has 4 rings (SSSR count). The molecule has 31 heavy (non-hydrogen) atoms. The molecule has 2 heterocycles. The zero-order chi connectivity index (χ0) is 22.1. The highest BCUT2D eigenvalue weighted by atomic mass is 19.1. The van der Waals surface area contributed by atoms with Gasteiger partial charge in [0.15, 0.2) is 6.61 Å². The molecule has 0 aliphatic carbocycles. The quantitative estimate of drug-likeness (QED) is 0.273. The molecule has 0 saturated carbocycles. The van der Waals surface area contributed by atoms with E-state index >= 15 is 0 Å². The zero-order valence-corrected chi connectivity index (χ0v) is 16.8. The number of ketones is 1. The molecular formula is C24H18FNO5. The predicted octanol–water partition coefficient (Wildman–Crippen LogP) is 4.38. The number of fused-ring (bicyclic) bond motifs is 1. The molecule has 2 aromatic carbocycles. The van der Waals surface area contributed by atoms with Crippen LogP contribution >= 0.6 is 0 Å². The monoisotopic (exact) mass is 419 g/mol. The Morgan fingerprint density at radius 1 is 1.00 bits per heavy atom. The molecule has 0 spiro atoms. The number of ether oxygens (including phenoxy) is 1. The third-order valence-corrected chi connectivity index (χ3v) is 5.01. The lowest BCUT2D eigenvalue weighted by Gasteiger charge is -2.10. The van der Waals surface area contributed by atoms with Gasteiger partial charge in [-0.25, -0.2) is 14.0 Å². The standard InChI is InChI=1S/C24H18FNO5/c1-14-11-19(15(2)26(14)18-9-7-17(25)8-10-18)21(27)13-30-23(28)20-12-16-5-3-4-6-22(16)31-24(20)29/h3-12H,13H2,1-2H3. The summed E-state index contributed by atoms with van der Waals surface area (Å²) in [5.74, 6) is -1.70. The van der Waals surface area contributed by atoms with Crippen LogP contribution in [0.5, 0.6) is 0 Å². The Labute approximate surface area is 176 Å². The van der Waals surface area contributed by atoms with E-state index in [1.165, 1.54) is 18.2 Å². The lowest BCUT2D eigenvalue weighted by Crippen LogP contribution is -2.20. The van der Waals surface area contributed by atoms with Gasteiger partial charge in [0.25, 0.3) is 0 Å². The number of carbonyl (C=O) groups is 2. The fourth-order valence-electron chi connectivity index (χ4n) is 3.52. The van der Waals surface area contributed by atoms with Crippen molar-refractivity contribution in [1.82, 2.24) is 4.57 Å². The number of rotatable bonds is 5. The van der Waals surface area contributed by atoms with E-state index in [1.54, 1.807) is 49.4 Å². The summed E-state index contributed by atoms with van der Waals surface area (Å²) >= 11 is 0. The highest BCUT2D eigenvalue weighted by Gasteiger charge is 2.20. The molecule has 0 fully saturated rings. The van der Waals surface area contributed by atoms with Gasteiger partial charge in [0, 0.05) is 28.0 Å². The smallest absolute Gasteiger partial charge is 0.351 e. The minimum absolute atomic E-state index is 0.275. The SMILES string of the molecule is Cc1cc(C(=O)COC(=O)c2cc3ccccc3oc2=O)c(C)n1-c1ccc(F)cc1. The second-order valence-electron chi connectivity index (χ2n) is 7.08. The van der Waals surface area contributed by atoms with Crippen LogP contribution in [0.15, 0.2) is 69.9 Å². The van der Waals surface area contributed by atoms with Gasteiger partial charge in [-0.3, -0.25) is 4.79 Å². The Morgan fingerprint density at radius 2 is 1.71 bits per heavy atom. The molecule has 7 heteroatoms. The van der Waals surface area contributed by atoms with Crippen molar-refractivity contribution in [2.45, 2.75) is 13.8 Å². The summed E-state index contributed by atoms with van der Waals surface area (Å²) in [5, 5.41) is 0.572. The first-order valence-corrected chi connectivity index (χ1v) is 9.53. The van der Waals surface area contributed by atoms with E-state index in [4.69, 9.17) is 9.15 Å². The molecule has 4 aromatic rings. The summed E-state index contributed by atoms with van der Waals surface area (Å²) < 4.78 is 25.3. The average Bonchev–Trinajstić information content (AvgIpc) is 3.06. The van der Waals surface area contributed by atoms with Crippen molar-refractivity contribution in [1.29, 1.82) is 0 Å². The molecule has 0 amide bonds. The molecule has 0 bridgehead atoms. The third kappa shape index (κ3) is 3.90. The maximum Gasteiger partial charge on any atom is 0.351 e. The van der Waals surface area contributed by atoms with Gasteiger partial charge in [0.05, 0.1) is 0 Å². The maximum absolute atomic E-state index is 13.2. The Kier molecular flexibility index (Phi) is 5.25. The van der Waals surface area contributed by atoms with Gasteiger partial charge in [0.1, 0.15) is 17.0 Å². The first-order valence-electron chi connectivity index (χ1n) is 9.53. The Balaban J connectivity index is 1.54. The lowest BCUT2D eigenvalue weighted by atomic mass is 10.1. The molecule has 0 radical (unpaired) electrons. The van der Waals surface area contributed by atoms with Gasteiger partial charge in [0.2, 0.25) is 5.78 Å². The predicted molar refractivity (Wildman–Crippen MR) is 112 cm³/mol. The van der Waals surface area contributed by atoms with Crippen LogP contribution in [0.3, 0.4) is 0 Å². The summed E-state index contributed by atoms with van der Waals surface area (Å²) in [7, 11) is 0. The van der Waals surface area contributed by atoms with Crippen LogP contribution in [-0.4, -0.2) is 22.9 Å². The minimum Gasteiger partial charge on any atom is -0.453 e. The van der Waals surface area contributed by atoms with Crippen molar-refractivity contribution >= 4 is 22.7 Å². The van der Waals surface area contributed by atoms with Crippen LogP contribution in [0.25, 0.3) is 16.7 Å². The van der Waals surface area contributed by atoms with Crippen molar-refractivity contribution in [2.24, 2.45) is 0 Å². The number of aryl methyl sites for hydroxylation is 1. The second kappa shape index (κ2) is 8.02. The molecule has 156 valence electrons. The van der Waals surface area contributed by atoms with E-state index < -0.39 is 24.0 Å². The number of carbonyl (C=O) groups excluding carboxylic acids is 2. The fraction of sp³-hybridized carbons (Fsp3) is 0.125. The first-order chi connectivity index (χ1) is 14.8. The van der Waals surface area contributed by atoms with E-state index in [0.717, 1.165) is 5.69 Å². The van der Waals surface area contributed by atoms with Crippen LogP contribution in [-0.2, 0) is 4.74 Å². The fourth-order valence-corrected chi connectivity index (χ4v) is 3.52. The zero-order valence-electron chi connectivity index (χ0n) is 16.8. The van der Waals surface area contributed by atoms with E-state index in [-0.39, 0.29) is 11.4 Å². The Hall–Kier alpha value is -4.00. The van der Waals surface area contributed by atoms with Crippen LogP contribution in [0.2, 0.25) is 0 Å². The van der Waals surface area contributed by atoms with Crippen LogP contribution < -0.4 is 5.63 Å². The Bertz CT molecular complexity index is 1370. The van der Waals surface area contributed by atoms with Gasteiger partial charge in [-0.1, -0.05) is 18.2 Å². The number of Topliss-reactive ketones (excluding diaryl/α,β-unsaturated/α-hetero) is 1. The van der Waals surface area contributed by atoms with Crippen LogP contribution in [0.4, 0.5) is 4.39 Å². The summed E-state index contributed by atoms with van der Waals surface area (Å²) in [6.45, 7) is 3.04. The van der Waals surface area contributed by atoms with Crippen molar-refractivity contribution in [2.75, 3.05) is 6.61 Å². The first kappa shape index (κ1) is 20.3. The van der Waals surface area contributed by atoms with E-state index in [1.807, 2.05) is 11.5 Å². The molecule has 0 aliphatic heterocycles. The molecular weight excluding hydrogens is 401 g/mol. The molecule has 2 aromatic heterocycles. The largest absolute Gasteiger partial charge is 0.453 e. The van der Waals surface area contributed by atoms with Gasteiger partial charge >= 0.3 is 11.6 Å². The van der Waals surface area contributed by atoms with Gasteiger partial charge in [-0.05, 0) is 56.3 Å². The number of aromatic nitrogens is 1. The molecule has 0 aliphatic rings. The van der Waals surface area contributed by atoms with Crippen molar-refractivity contribution in [3.8, 4) is 5.69 Å². The number of hydrogen-bond acceptors (Lipinski definition) is 5. The van der Waals surface area contributed by atoms with Crippen molar-refractivity contribution < 1.29 is 23.1 Å². The Morgan fingerprint density at radius 3 is 2.45 bits per heavy atom. The number of benzene rings is 2.